The molecule has 0 bridgehead atoms. The molecule has 1 aromatic rings. The maximum Gasteiger partial charge on any atom is 0.0202 e. The molecule has 5 nitrogen and oxygen atoms in total. The molecule has 0 radical (unpaired) electrons. The second-order valence-corrected chi connectivity index (χ2v) is 9.47. The Labute approximate surface area is 241 Å². The van der Waals surface area contributed by atoms with Gasteiger partial charge in [-0.3, -0.25) is 0 Å². The van der Waals surface area contributed by atoms with E-state index in [4.69, 9.17) is 17.2 Å². The summed E-state index contributed by atoms with van der Waals surface area (Å²) < 4.78 is 0. The largest absolute Gasteiger partial charge is 0.330 e. The Morgan fingerprint density at radius 2 is 1.45 bits per heavy atom. The predicted molar refractivity (Wildman–Crippen MR) is 180 cm³/mol. The topological polar surface area (TPSA) is 102 Å². The highest BCUT2D eigenvalue weighted by atomic mass is 14.8. The molecule has 0 aliphatic heterocycles. The number of rotatable bonds is 12. The van der Waals surface area contributed by atoms with Crippen molar-refractivity contribution in [3.8, 4) is 0 Å². The van der Waals surface area contributed by atoms with Crippen molar-refractivity contribution in [3.63, 3.8) is 0 Å². The molecular weight excluding hydrogens is 466 g/mol. The van der Waals surface area contributed by atoms with Crippen molar-refractivity contribution in [2.75, 3.05) is 33.2 Å². The Hall–Kier alpha value is -1.24. The summed E-state index contributed by atoms with van der Waals surface area (Å²) in [6.07, 6.45) is 7.40. The van der Waals surface area contributed by atoms with Gasteiger partial charge in [0, 0.05) is 13.1 Å². The average molecular weight is 540 g/mol. The van der Waals surface area contributed by atoms with Crippen LogP contribution in [0, 0.1) is 12.8 Å². The Kier molecular flexibility index (Phi) is 49.4. The first kappa shape index (κ1) is 46.6. The fraction of sp³-hybridized carbons (Fsp3) is 0.758. The fourth-order valence-corrected chi connectivity index (χ4v) is 2.82. The summed E-state index contributed by atoms with van der Waals surface area (Å²) in [5.74, 6) is 0.773. The van der Waals surface area contributed by atoms with Crippen LogP contribution in [0.2, 0.25) is 0 Å². The Morgan fingerprint density at radius 3 is 1.71 bits per heavy atom. The highest BCUT2D eigenvalue weighted by molar-refractivity contribution is 5.66. The summed E-state index contributed by atoms with van der Waals surface area (Å²) in [5, 5.41) is 6.40. The lowest BCUT2D eigenvalue weighted by molar-refractivity contribution is 0.596. The summed E-state index contributed by atoms with van der Waals surface area (Å²) in [6.45, 7) is 32.6. The molecule has 1 rings (SSSR count). The lowest BCUT2D eigenvalue weighted by Crippen LogP contribution is -2.13. The van der Waals surface area contributed by atoms with E-state index < -0.39 is 0 Å². The van der Waals surface area contributed by atoms with E-state index in [1.54, 1.807) is 0 Å². The number of nitrogens with two attached hydrogens (primary N) is 3. The van der Waals surface area contributed by atoms with E-state index in [2.05, 4.69) is 84.7 Å². The van der Waals surface area contributed by atoms with E-state index in [0.717, 1.165) is 44.1 Å². The van der Waals surface area contributed by atoms with Gasteiger partial charge < -0.3 is 27.8 Å². The molecule has 8 N–H and O–H groups in total. The molecule has 0 atom stereocenters. The third-order valence-electron chi connectivity index (χ3n) is 4.89. The third-order valence-corrected chi connectivity index (χ3v) is 4.89. The molecule has 0 unspecified atom stereocenters. The van der Waals surface area contributed by atoms with Gasteiger partial charge in [0.2, 0.25) is 0 Å². The standard InChI is InChI=1S/C13H20N2.C6H15N.C5H13N.C4H11N.C3H8.C2H6/c1-9(2)13-6-11(8-15-4)5-12(7-14)10(13)3;1-3-5-6-7-4-2;1-5(2)3-4-6;1-2-3-4-5;1-3-2;1-2/h5-6,15H,1,7-8,14H2,2-4H3;7H,3-6H2,1-2H3;5H,3-4,6H2,1-2H3;2-5H2,1H3;3H2,1-2H3;1-2H3. The molecule has 230 valence electrons. The predicted octanol–water partition coefficient (Wildman–Crippen LogP) is 7.78. The van der Waals surface area contributed by atoms with Crippen molar-refractivity contribution in [1.29, 1.82) is 0 Å². The molecule has 0 amide bonds. The van der Waals surface area contributed by atoms with Gasteiger partial charge in [-0.15, -0.1) is 0 Å². The van der Waals surface area contributed by atoms with Crippen molar-refractivity contribution in [2.24, 2.45) is 23.1 Å². The zero-order valence-corrected chi connectivity index (χ0v) is 28.2. The first-order chi connectivity index (χ1) is 18.1. The molecular formula is C33H73N5. The number of allylic oxidation sites excluding steroid dienone is 1. The number of nitrogens with one attached hydrogen (secondary N) is 2. The van der Waals surface area contributed by atoms with Crippen molar-refractivity contribution in [2.45, 2.75) is 128 Å². The molecule has 0 saturated heterocycles. The van der Waals surface area contributed by atoms with Crippen LogP contribution in [0.5, 0.6) is 0 Å². The molecule has 38 heavy (non-hydrogen) atoms. The van der Waals surface area contributed by atoms with Crippen LogP contribution < -0.4 is 27.8 Å². The quantitative estimate of drug-likeness (QED) is 0.175. The van der Waals surface area contributed by atoms with E-state index in [-0.39, 0.29) is 0 Å². The minimum atomic E-state index is 0.587. The molecule has 0 heterocycles. The van der Waals surface area contributed by atoms with Gasteiger partial charge in [0.05, 0.1) is 0 Å². The number of hydrogen-bond acceptors (Lipinski definition) is 5. The lowest BCUT2D eigenvalue weighted by atomic mass is 9.95. The lowest BCUT2D eigenvalue weighted by Gasteiger charge is -2.13. The van der Waals surface area contributed by atoms with E-state index >= 15 is 0 Å². The van der Waals surface area contributed by atoms with Crippen LogP contribution in [0.15, 0.2) is 18.7 Å². The van der Waals surface area contributed by atoms with Gasteiger partial charge in [0.15, 0.2) is 0 Å². The van der Waals surface area contributed by atoms with Gasteiger partial charge in [-0.1, -0.05) is 99.8 Å². The maximum absolute atomic E-state index is 5.73. The molecule has 0 fully saturated rings. The van der Waals surface area contributed by atoms with E-state index in [0.29, 0.717) is 6.54 Å². The van der Waals surface area contributed by atoms with Crippen LogP contribution in [0.4, 0.5) is 0 Å². The molecule has 1 aromatic carbocycles. The van der Waals surface area contributed by atoms with Crippen molar-refractivity contribution < 1.29 is 0 Å². The highest BCUT2D eigenvalue weighted by Gasteiger charge is 2.06. The van der Waals surface area contributed by atoms with Crippen molar-refractivity contribution >= 4 is 5.57 Å². The van der Waals surface area contributed by atoms with E-state index in [1.165, 1.54) is 60.9 Å². The van der Waals surface area contributed by atoms with Gasteiger partial charge in [-0.05, 0) is 101 Å². The molecule has 0 saturated carbocycles. The summed E-state index contributed by atoms with van der Waals surface area (Å²) in [6, 6.07) is 4.35. The van der Waals surface area contributed by atoms with Crippen LogP contribution in [-0.4, -0.2) is 33.2 Å². The van der Waals surface area contributed by atoms with Crippen LogP contribution in [0.1, 0.15) is 130 Å². The molecule has 0 aliphatic rings. The maximum atomic E-state index is 5.73. The van der Waals surface area contributed by atoms with Crippen LogP contribution in [0.3, 0.4) is 0 Å². The second-order valence-electron chi connectivity index (χ2n) is 9.47. The first-order valence-corrected chi connectivity index (χ1v) is 15.3. The smallest absolute Gasteiger partial charge is 0.0202 e. The number of benzene rings is 1. The van der Waals surface area contributed by atoms with Crippen LogP contribution >= 0.6 is 0 Å². The van der Waals surface area contributed by atoms with Crippen LogP contribution in [0.25, 0.3) is 5.57 Å². The SMILES string of the molecule is C=C(C)c1cc(CNC)cc(CN)c1C.CC.CC(C)CCN.CCC.CCCCN.CCCCNCC. The second kappa shape index (κ2) is 40.3. The number of hydrogen-bond donors (Lipinski definition) is 5. The Balaban J connectivity index is -0.000000133. The Bertz CT molecular complexity index is 565. The summed E-state index contributed by atoms with van der Waals surface area (Å²) in [4.78, 5) is 0. The van der Waals surface area contributed by atoms with E-state index in [9.17, 15) is 0 Å². The average Bonchev–Trinajstić information content (AvgIpc) is 2.88. The van der Waals surface area contributed by atoms with Gasteiger partial charge in [0.1, 0.15) is 0 Å². The zero-order chi connectivity index (χ0) is 30.8. The minimum Gasteiger partial charge on any atom is -0.330 e. The van der Waals surface area contributed by atoms with Gasteiger partial charge in [-0.2, -0.15) is 0 Å². The van der Waals surface area contributed by atoms with Gasteiger partial charge >= 0.3 is 0 Å². The molecule has 5 heteroatoms. The number of unbranched alkanes of at least 4 members (excludes halogenated alkanes) is 2. The Morgan fingerprint density at radius 1 is 0.921 bits per heavy atom. The van der Waals surface area contributed by atoms with Crippen LogP contribution in [-0.2, 0) is 13.1 Å². The molecule has 0 aliphatic carbocycles. The van der Waals surface area contributed by atoms with E-state index in [1.807, 2.05) is 27.8 Å². The highest BCUT2D eigenvalue weighted by Crippen LogP contribution is 2.22. The zero-order valence-electron chi connectivity index (χ0n) is 28.2. The molecule has 0 aromatic heterocycles. The fourth-order valence-electron chi connectivity index (χ4n) is 2.82. The minimum absolute atomic E-state index is 0.587. The van der Waals surface area contributed by atoms with Crippen molar-refractivity contribution in [3.05, 3.63) is 41.0 Å². The normalized spacial score (nSPS) is 9.16. The third kappa shape index (κ3) is 36.9. The van der Waals surface area contributed by atoms with Crippen molar-refractivity contribution in [1.82, 2.24) is 10.6 Å². The summed E-state index contributed by atoms with van der Waals surface area (Å²) >= 11 is 0. The molecule has 0 spiro atoms. The summed E-state index contributed by atoms with van der Waals surface area (Å²) in [7, 11) is 1.95. The first-order valence-electron chi connectivity index (χ1n) is 15.3. The van der Waals surface area contributed by atoms with Gasteiger partial charge in [-0.25, -0.2) is 0 Å². The van der Waals surface area contributed by atoms with Gasteiger partial charge in [0.25, 0.3) is 0 Å². The summed E-state index contributed by atoms with van der Waals surface area (Å²) in [5.41, 5.74) is 22.2. The monoisotopic (exact) mass is 540 g/mol.